The number of methoxy groups -OCH3 is 1. The zero-order valence-corrected chi connectivity index (χ0v) is 31.0. The van der Waals surface area contributed by atoms with Crippen LogP contribution in [-0.4, -0.2) is 68.7 Å². The highest BCUT2D eigenvalue weighted by molar-refractivity contribution is 7.52. The predicted octanol–water partition coefficient (Wildman–Crippen LogP) is 6.74. The number of carbonyl (C=O) groups excluding carboxylic acids is 1. The number of ether oxygens (including phenoxy) is 2. The van der Waals surface area contributed by atoms with Gasteiger partial charge in [0.15, 0.2) is 17.1 Å². The van der Waals surface area contributed by atoms with Crippen molar-refractivity contribution in [1.29, 1.82) is 0 Å². The second-order valence-electron chi connectivity index (χ2n) is 12.6. The van der Waals surface area contributed by atoms with E-state index in [-0.39, 0.29) is 35.9 Å². The summed E-state index contributed by atoms with van der Waals surface area (Å²) < 4.78 is 51.8. The van der Waals surface area contributed by atoms with Crippen molar-refractivity contribution in [3.8, 4) is 18.1 Å². The number of anilines is 1. The van der Waals surface area contributed by atoms with E-state index in [1.54, 1.807) is 30.3 Å². The van der Waals surface area contributed by atoms with Gasteiger partial charge in [-0.2, -0.15) is 19.4 Å². The Bertz CT molecular complexity index is 1570. The van der Waals surface area contributed by atoms with Crippen molar-refractivity contribution in [1.82, 2.24) is 24.6 Å². The quantitative estimate of drug-likeness (QED) is 0.0261. The Morgan fingerprint density at radius 2 is 1.67 bits per heavy atom. The lowest BCUT2D eigenvalue weighted by molar-refractivity contribution is -0.145. The number of esters is 1. The van der Waals surface area contributed by atoms with Gasteiger partial charge in [0, 0.05) is 7.11 Å². The first-order valence-corrected chi connectivity index (χ1v) is 19.4. The van der Waals surface area contributed by atoms with Gasteiger partial charge in [0.25, 0.3) is 0 Å². The number of rotatable bonds is 26. The Morgan fingerprint density at radius 1 is 1.06 bits per heavy atom. The third-order valence-electron chi connectivity index (χ3n) is 8.60. The normalized spacial score (nSPS) is 15.1. The molecule has 4 atom stereocenters. The minimum Gasteiger partial charge on any atom is -0.465 e. The van der Waals surface area contributed by atoms with Crippen molar-refractivity contribution >= 4 is 30.7 Å². The van der Waals surface area contributed by atoms with Crippen molar-refractivity contribution in [2.45, 2.75) is 122 Å². The van der Waals surface area contributed by atoms with E-state index in [1.165, 1.54) is 82.7 Å². The number of aliphatic hydroxyl groups excluding tert-OH is 1. The Balaban J connectivity index is 1.53. The molecule has 0 saturated carbocycles. The van der Waals surface area contributed by atoms with E-state index in [0.29, 0.717) is 0 Å². The minimum atomic E-state index is -4.35. The Kier molecular flexibility index (Phi) is 17.8. The summed E-state index contributed by atoms with van der Waals surface area (Å²) in [5, 5.41) is 13.9. The number of halogens is 1. The lowest BCUT2D eigenvalue weighted by Crippen LogP contribution is -2.49. The van der Waals surface area contributed by atoms with Crippen molar-refractivity contribution in [3.63, 3.8) is 0 Å². The first-order chi connectivity index (χ1) is 24.6. The molecule has 0 bridgehead atoms. The maximum absolute atomic E-state index is 14.1. The Labute approximate surface area is 300 Å². The standard InChI is InChI=1S/C36H54FN6O7P/c1-5-7-8-9-10-11-12-13-14-15-16-17-21-24-48-34(45)28(3)42-51(46,50-29-22-19-18-20-23-29)49-26-36(6-2,47-4)30(44)25-43-27-39-31-32(38)40-35(37)41-33(31)43/h2,18-20,22-23,27-28,30,44H,5,7-17,21,24-26H2,1,3-4H3,(H,42,46)(H2,38,40,41)/t28-,30-,36+,51?/m0/s1. The van der Waals surface area contributed by atoms with Gasteiger partial charge in [-0.3, -0.25) is 9.32 Å². The monoisotopic (exact) mass is 732 g/mol. The van der Waals surface area contributed by atoms with Crippen molar-refractivity contribution in [2.24, 2.45) is 0 Å². The second kappa shape index (κ2) is 21.7. The topological polar surface area (TPSA) is 173 Å². The van der Waals surface area contributed by atoms with Crippen LogP contribution in [0.3, 0.4) is 0 Å². The second-order valence-corrected chi connectivity index (χ2v) is 14.3. The van der Waals surface area contributed by atoms with Crippen LogP contribution < -0.4 is 15.3 Å². The van der Waals surface area contributed by atoms with Gasteiger partial charge in [-0.25, -0.2) is 9.55 Å². The van der Waals surface area contributed by atoms with Gasteiger partial charge in [-0.05, 0) is 25.5 Å². The van der Waals surface area contributed by atoms with Gasteiger partial charge in [0.1, 0.15) is 30.0 Å². The van der Waals surface area contributed by atoms with Crippen LogP contribution in [0.4, 0.5) is 10.2 Å². The lowest BCUT2D eigenvalue weighted by Gasteiger charge is -2.33. The average Bonchev–Trinajstić information content (AvgIpc) is 3.51. The number of benzene rings is 1. The van der Waals surface area contributed by atoms with Crippen LogP contribution in [0.2, 0.25) is 0 Å². The largest absolute Gasteiger partial charge is 0.465 e. The third kappa shape index (κ3) is 13.5. The van der Waals surface area contributed by atoms with Crippen LogP contribution in [0.1, 0.15) is 97.3 Å². The van der Waals surface area contributed by atoms with Crippen molar-refractivity contribution in [2.75, 3.05) is 26.1 Å². The summed E-state index contributed by atoms with van der Waals surface area (Å²) in [5.41, 5.74) is 4.01. The van der Waals surface area contributed by atoms with E-state index >= 15 is 0 Å². The number of terminal acetylenes is 1. The maximum Gasteiger partial charge on any atom is 0.459 e. The summed E-state index contributed by atoms with van der Waals surface area (Å²) in [6.45, 7) is 3.02. The number of nitrogen functional groups attached to an aromatic ring is 1. The molecule has 51 heavy (non-hydrogen) atoms. The Morgan fingerprint density at radius 3 is 2.25 bits per heavy atom. The van der Waals surface area contributed by atoms with Gasteiger partial charge in [0.05, 0.1) is 19.5 Å². The number of para-hydroxylation sites is 1. The molecule has 4 N–H and O–H groups in total. The number of nitrogens with zero attached hydrogens (tertiary/aromatic N) is 4. The highest BCUT2D eigenvalue weighted by Gasteiger charge is 2.42. The van der Waals surface area contributed by atoms with Crippen molar-refractivity contribution < 1.29 is 37.4 Å². The highest BCUT2D eigenvalue weighted by Crippen LogP contribution is 2.46. The third-order valence-corrected chi connectivity index (χ3v) is 10.2. The molecule has 0 aliphatic heterocycles. The van der Waals surface area contributed by atoms with Gasteiger partial charge < -0.3 is 29.4 Å². The number of imidazole rings is 1. The molecule has 0 spiro atoms. The number of hydrogen-bond acceptors (Lipinski definition) is 11. The predicted molar refractivity (Wildman–Crippen MR) is 194 cm³/mol. The highest BCUT2D eigenvalue weighted by atomic mass is 31.2. The van der Waals surface area contributed by atoms with Crippen LogP contribution in [0.25, 0.3) is 11.2 Å². The van der Waals surface area contributed by atoms with Crippen LogP contribution >= 0.6 is 7.75 Å². The summed E-state index contributed by atoms with van der Waals surface area (Å²) in [4.78, 5) is 24.1. The zero-order chi connectivity index (χ0) is 37.1. The molecule has 15 heteroatoms. The smallest absolute Gasteiger partial charge is 0.459 e. The van der Waals surface area contributed by atoms with Crippen LogP contribution in [0.15, 0.2) is 36.7 Å². The number of aromatic nitrogens is 4. The molecule has 3 aromatic rings. The number of nitrogens with two attached hydrogens (primary N) is 1. The molecule has 0 radical (unpaired) electrons. The fraction of sp³-hybridized carbons (Fsp3) is 0.611. The lowest BCUT2D eigenvalue weighted by atomic mass is 9.98. The van der Waals surface area contributed by atoms with Crippen molar-refractivity contribution in [3.05, 3.63) is 42.7 Å². The van der Waals surface area contributed by atoms with E-state index in [0.717, 1.165) is 25.7 Å². The number of unbranched alkanes of at least 4 members (excludes halogenated alkanes) is 12. The van der Waals surface area contributed by atoms with Gasteiger partial charge in [0.2, 0.25) is 0 Å². The molecule has 0 aliphatic carbocycles. The van der Waals surface area contributed by atoms with E-state index < -0.39 is 44.1 Å². The number of carbonyl (C=O) groups is 1. The SMILES string of the molecule is C#C[C@](COP(=O)(N[C@@H](C)C(=O)OCCCCCCCCCCCCCCC)Oc1ccccc1)(OC)[C@@H](O)Cn1cnc2c(N)nc(F)nc21. The molecule has 0 fully saturated rings. The number of aliphatic hydroxyl groups is 1. The maximum atomic E-state index is 14.1. The van der Waals surface area contributed by atoms with Crippen LogP contribution in [0, 0.1) is 18.4 Å². The summed E-state index contributed by atoms with van der Waals surface area (Å²) in [6, 6.07) is 7.12. The molecular weight excluding hydrogens is 678 g/mol. The van der Waals surface area contributed by atoms with Crippen LogP contribution in [0.5, 0.6) is 5.75 Å². The van der Waals surface area contributed by atoms with Gasteiger partial charge in [-0.1, -0.05) is 108 Å². The fourth-order valence-corrected chi connectivity index (χ4v) is 7.01. The molecule has 2 heterocycles. The molecule has 0 aliphatic rings. The number of nitrogens with one attached hydrogen (secondary N) is 1. The average molecular weight is 733 g/mol. The first-order valence-electron chi connectivity index (χ1n) is 17.8. The minimum absolute atomic E-state index is 0.0212. The van der Waals surface area contributed by atoms with E-state index in [1.807, 2.05) is 0 Å². The molecule has 3 rings (SSSR count). The van der Waals surface area contributed by atoms with E-state index in [9.17, 15) is 18.9 Å². The zero-order valence-electron chi connectivity index (χ0n) is 30.1. The van der Waals surface area contributed by atoms with E-state index in [2.05, 4.69) is 32.9 Å². The summed E-state index contributed by atoms with van der Waals surface area (Å²) >= 11 is 0. The molecule has 1 aromatic carbocycles. The van der Waals surface area contributed by atoms with Gasteiger partial charge >= 0.3 is 19.8 Å². The fourth-order valence-electron chi connectivity index (χ4n) is 5.49. The van der Waals surface area contributed by atoms with Gasteiger partial charge in [-0.15, -0.1) is 6.42 Å². The Hall–Kier alpha value is -3.60. The molecule has 0 saturated heterocycles. The first kappa shape index (κ1) is 41.8. The summed E-state index contributed by atoms with van der Waals surface area (Å²) in [7, 11) is -3.11. The van der Waals surface area contributed by atoms with Crippen LogP contribution in [-0.2, 0) is 29.9 Å². The molecule has 2 aromatic heterocycles. The molecule has 13 nitrogen and oxygen atoms in total. The summed E-state index contributed by atoms with van der Waals surface area (Å²) in [6.07, 6.45) is 20.2. The molecule has 282 valence electrons. The molecule has 1 unspecified atom stereocenters. The molecule has 0 amide bonds. The van der Waals surface area contributed by atoms with E-state index in [4.69, 9.17) is 30.7 Å². The number of hydrogen-bond donors (Lipinski definition) is 3. The summed E-state index contributed by atoms with van der Waals surface area (Å²) in [5.74, 6) is 1.75. The molecular formula is C36H54FN6O7P. The number of fused-ring (bicyclic) bond motifs is 1.